The van der Waals surface area contributed by atoms with Gasteiger partial charge < -0.3 is 9.73 Å². The van der Waals surface area contributed by atoms with Crippen LogP contribution in [0.2, 0.25) is 5.02 Å². The zero-order valence-electron chi connectivity index (χ0n) is 16.1. The first-order valence-electron chi connectivity index (χ1n) is 10.1. The van der Waals surface area contributed by atoms with E-state index in [4.69, 9.17) is 21.0 Å². The second kappa shape index (κ2) is 7.66. The maximum atomic E-state index is 12.5. The van der Waals surface area contributed by atoms with Gasteiger partial charge in [-0.25, -0.2) is 13.4 Å². The normalized spacial score (nSPS) is 22.3. The van der Waals surface area contributed by atoms with Crippen molar-refractivity contribution in [1.29, 1.82) is 0 Å². The van der Waals surface area contributed by atoms with Gasteiger partial charge >= 0.3 is 0 Å². The summed E-state index contributed by atoms with van der Waals surface area (Å²) in [6.45, 7) is 0. The average Bonchev–Trinajstić information content (AvgIpc) is 3.32. The van der Waals surface area contributed by atoms with Crippen LogP contribution in [0, 0.1) is 0 Å². The first-order valence-corrected chi connectivity index (χ1v) is 12.8. The van der Waals surface area contributed by atoms with Crippen LogP contribution in [0.4, 0.5) is 0 Å². The third kappa shape index (κ3) is 3.88. The molecule has 3 aromatic rings. The number of carbonyl (C=O) groups is 1. The second-order valence-corrected chi connectivity index (χ2v) is 11.7. The summed E-state index contributed by atoms with van der Waals surface area (Å²) in [7, 11) is -3.42. The molecule has 2 aromatic heterocycles. The highest BCUT2D eigenvalue weighted by Gasteiger charge is 2.39. The molecular formula is C21H21ClN2O4S2. The van der Waals surface area contributed by atoms with Crippen molar-refractivity contribution in [3.63, 3.8) is 0 Å². The molecule has 0 spiro atoms. The lowest BCUT2D eigenvalue weighted by Crippen LogP contribution is -2.37. The van der Waals surface area contributed by atoms with E-state index in [1.54, 1.807) is 11.3 Å². The second-order valence-electron chi connectivity index (χ2n) is 8.05. The van der Waals surface area contributed by atoms with E-state index in [-0.39, 0.29) is 28.1 Å². The Morgan fingerprint density at radius 3 is 2.60 bits per heavy atom. The minimum Gasteiger partial charge on any atom is -0.440 e. The Morgan fingerprint density at radius 2 is 1.87 bits per heavy atom. The molecule has 2 aliphatic rings. The zero-order chi connectivity index (χ0) is 20.9. The number of carbonyl (C=O) groups excluding carboxylic acids is 1. The molecular weight excluding hydrogens is 444 g/mol. The Bertz CT molecular complexity index is 1200. The fourth-order valence-electron chi connectivity index (χ4n) is 3.97. The molecule has 1 aromatic carbocycles. The number of hydrogen-bond donors (Lipinski definition) is 1. The molecule has 0 bridgehead atoms. The van der Waals surface area contributed by atoms with Crippen LogP contribution < -0.4 is 5.32 Å². The molecule has 2 heterocycles. The van der Waals surface area contributed by atoms with Crippen molar-refractivity contribution in [3.05, 3.63) is 46.1 Å². The molecule has 0 saturated heterocycles. The van der Waals surface area contributed by atoms with Gasteiger partial charge in [0.1, 0.15) is 0 Å². The summed E-state index contributed by atoms with van der Waals surface area (Å²) >= 11 is 7.77. The van der Waals surface area contributed by atoms with Crippen molar-refractivity contribution in [1.82, 2.24) is 10.3 Å². The van der Waals surface area contributed by atoms with Gasteiger partial charge in [-0.05, 0) is 68.9 Å². The number of furan rings is 1. The van der Waals surface area contributed by atoms with Crippen molar-refractivity contribution < 1.29 is 17.6 Å². The number of sulfone groups is 1. The van der Waals surface area contributed by atoms with Gasteiger partial charge in [0.2, 0.25) is 14.9 Å². The Labute approximate surface area is 183 Å². The lowest BCUT2D eigenvalue weighted by Gasteiger charge is -2.27. The van der Waals surface area contributed by atoms with E-state index in [2.05, 4.69) is 5.32 Å². The van der Waals surface area contributed by atoms with Crippen LogP contribution in [0.25, 0.3) is 10.2 Å². The fraction of sp³-hybridized carbons (Fsp3) is 0.429. The minimum atomic E-state index is -3.42. The molecule has 2 saturated carbocycles. The molecule has 0 atom stereocenters. The summed E-state index contributed by atoms with van der Waals surface area (Å²) in [6, 6.07) is 8.66. The molecule has 9 heteroatoms. The Kier molecular flexibility index (Phi) is 5.11. The molecule has 158 valence electrons. The highest BCUT2D eigenvalue weighted by molar-refractivity contribution is 7.92. The van der Waals surface area contributed by atoms with Crippen molar-refractivity contribution in [2.24, 2.45) is 0 Å². The zero-order valence-corrected chi connectivity index (χ0v) is 18.5. The maximum Gasteiger partial charge on any atom is 0.287 e. The predicted molar refractivity (Wildman–Crippen MR) is 116 cm³/mol. The van der Waals surface area contributed by atoms with Crippen molar-refractivity contribution in [2.45, 2.75) is 60.8 Å². The van der Waals surface area contributed by atoms with Gasteiger partial charge in [-0.1, -0.05) is 11.6 Å². The first kappa shape index (κ1) is 20.0. The number of rotatable bonds is 5. The average molecular weight is 465 g/mol. The number of halogens is 1. The van der Waals surface area contributed by atoms with Crippen LogP contribution in [0.15, 0.2) is 39.8 Å². The molecule has 6 nitrogen and oxygen atoms in total. The van der Waals surface area contributed by atoms with E-state index in [1.807, 2.05) is 18.2 Å². The van der Waals surface area contributed by atoms with Gasteiger partial charge in [0.15, 0.2) is 5.76 Å². The third-order valence-electron chi connectivity index (χ3n) is 5.83. The van der Waals surface area contributed by atoms with Crippen LogP contribution in [-0.2, 0) is 9.84 Å². The van der Waals surface area contributed by atoms with Crippen LogP contribution in [0.3, 0.4) is 0 Å². The fourth-order valence-corrected chi connectivity index (χ4v) is 6.80. The Hall–Kier alpha value is -1.90. The standard InChI is InChI=1S/C21H21ClN2O4S2/c22-13-3-9-18-16(11-13)24-21(29-18)12-1-4-14(5-2-12)23-20(25)17-8-10-19(28-17)30(26,27)15-6-7-15/h3,8-12,14-15H,1-2,4-7H2,(H,23,25). The summed E-state index contributed by atoms with van der Waals surface area (Å²) in [5, 5.41) is 4.35. The smallest absolute Gasteiger partial charge is 0.287 e. The van der Waals surface area contributed by atoms with Gasteiger partial charge in [0, 0.05) is 17.0 Å². The largest absolute Gasteiger partial charge is 0.440 e. The van der Waals surface area contributed by atoms with Gasteiger partial charge in [0.25, 0.3) is 5.91 Å². The first-order chi connectivity index (χ1) is 14.4. The topological polar surface area (TPSA) is 89.3 Å². The summed E-state index contributed by atoms with van der Waals surface area (Å²) in [5.41, 5.74) is 0.938. The summed E-state index contributed by atoms with van der Waals surface area (Å²) in [5.74, 6) is 0.0814. The van der Waals surface area contributed by atoms with Crippen LogP contribution in [0.5, 0.6) is 0 Å². The van der Waals surface area contributed by atoms with Crippen molar-refractivity contribution in [3.8, 4) is 0 Å². The number of amides is 1. The molecule has 2 fully saturated rings. The van der Waals surface area contributed by atoms with Crippen LogP contribution in [0.1, 0.15) is 60.0 Å². The number of thiazole rings is 1. The van der Waals surface area contributed by atoms with Gasteiger partial charge in [-0.3, -0.25) is 4.79 Å². The molecule has 0 radical (unpaired) electrons. The quantitative estimate of drug-likeness (QED) is 0.577. The number of nitrogens with one attached hydrogen (secondary N) is 1. The highest BCUT2D eigenvalue weighted by Crippen LogP contribution is 2.38. The molecule has 5 rings (SSSR count). The maximum absolute atomic E-state index is 12.5. The molecule has 0 aliphatic heterocycles. The summed E-state index contributed by atoms with van der Waals surface area (Å²) in [4.78, 5) is 17.3. The van der Waals surface area contributed by atoms with Crippen molar-refractivity contribution >= 4 is 48.9 Å². The number of aromatic nitrogens is 1. The molecule has 30 heavy (non-hydrogen) atoms. The number of hydrogen-bond acceptors (Lipinski definition) is 6. The third-order valence-corrected chi connectivity index (χ3v) is 9.39. The summed E-state index contributed by atoms with van der Waals surface area (Å²) in [6.07, 6.45) is 4.91. The van der Waals surface area contributed by atoms with E-state index < -0.39 is 9.84 Å². The molecule has 2 aliphatic carbocycles. The Balaban J connectivity index is 1.20. The molecule has 0 unspecified atom stereocenters. The van der Waals surface area contributed by atoms with E-state index in [1.165, 1.54) is 12.1 Å². The highest BCUT2D eigenvalue weighted by atomic mass is 35.5. The lowest BCUT2D eigenvalue weighted by atomic mass is 9.86. The van der Waals surface area contributed by atoms with Gasteiger partial charge in [0.05, 0.1) is 20.5 Å². The van der Waals surface area contributed by atoms with Gasteiger partial charge in [-0.2, -0.15) is 0 Å². The van der Waals surface area contributed by atoms with E-state index in [9.17, 15) is 13.2 Å². The van der Waals surface area contributed by atoms with Gasteiger partial charge in [-0.15, -0.1) is 11.3 Å². The van der Waals surface area contributed by atoms with Crippen LogP contribution >= 0.6 is 22.9 Å². The monoisotopic (exact) mass is 464 g/mol. The number of fused-ring (bicyclic) bond motifs is 1. The van der Waals surface area contributed by atoms with Crippen LogP contribution in [-0.4, -0.2) is 30.6 Å². The Morgan fingerprint density at radius 1 is 1.10 bits per heavy atom. The molecule has 1 N–H and O–H groups in total. The van der Waals surface area contributed by atoms with E-state index >= 15 is 0 Å². The number of benzene rings is 1. The number of nitrogens with zero attached hydrogens (tertiary/aromatic N) is 1. The summed E-state index contributed by atoms with van der Waals surface area (Å²) < 4.78 is 31.0. The molecule has 1 amide bonds. The minimum absolute atomic E-state index is 0.0474. The predicted octanol–water partition coefficient (Wildman–Crippen LogP) is 4.94. The SMILES string of the molecule is O=C(NC1CCC(c2nc3cc(Cl)ccc3s2)CC1)c1ccc(S(=O)(=O)C2CC2)o1. The lowest BCUT2D eigenvalue weighted by molar-refractivity contribution is 0.0892. The van der Waals surface area contributed by atoms with E-state index in [0.29, 0.717) is 23.8 Å². The van der Waals surface area contributed by atoms with Crippen molar-refractivity contribution in [2.75, 3.05) is 0 Å². The van der Waals surface area contributed by atoms with E-state index in [0.717, 1.165) is 40.9 Å².